The lowest BCUT2D eigenvalue weighted by atomic mass is 10.0. The van der Waals surface area contributed by atoms with Crippen LogP contribution in [-0.2, 0) is 14.3 Å². The fourth-order valence-electron chi connectivity index (χ4n) is 3.91. The van der Waals surface area contributed by atoms with E-state index in [0.717, 1.165) is 52.1 Å². The third kappa shape index (κ3) is 4.31. The van der Waals surface area contributed by atoms with Gasteiger partial charge in [-0.1, -0.05) is 0 Å². The highest BCUT2D eigenvalue weighted by molar-refractivity contribution is 5.77. The smallest absolute Gasteiger partial charge is 0.343 e. The summed E-state index contributed by atoms with van der Waals surface area (Å²) >= 11 is 0. The van der Waals surface area contributed by atoms with Crippen LogP contribution >= 0.6 is 0 Å². The average molecular weight is 361 g/mol. The molecule has 2 saturated heterocycles. The van der Waals surface area contributed by atoms with Crippen molar-refractivity contribution in [2.24, 2.45) is 0 Å². The van der Waals surface area contributed by atoms with E-state index in [0.29, 0.717) is 12.5 Å². The van der Waals surface area contributed by atoms with Gasteiger partial charge in [-0.05, 0) is 25.0 Å². The minimum Gasteiger partial charge on any atom is -0.466 e. The van der Waals surface area contributed by atoms with E-state index in [9.17, 15) is 9.59 Å². The third-order valence-electron chi connectivity index (χ3n) is 5.37. The molecular weight excluding hydrogens is 334 g/mol. The van der Waals surface area contributed by atoms with Gasteiger partial charge in [-0.15, -0.1) is 0 Å². The number of likely N-dealkylation sites (tertiary alicyclic amines) is 1. The van der Waals surface area contributed by atoms with Crippen molar-refractivity contribution in [3.63, 3.8) is 0 Å². The zero-order chi connectivity index (χ0) is 18.4. The molecule has 1 amide bonds. The molecular formula is C18H27N5O3. The minimum atomic E-state index is -0.679. The highest BCUT2D eigenvalue weighted by Crippen LogP contribution is 2.21. The molecule has 0 spiro atoms. The van der Waals surface area contributed by atoms with Crippen LogP contribution in [-0.4, -0.2) is 85.7 Å². The Bertz CT molecular complexity index is 584. The Kier molecular flexibility index (Phi) is 6.40. The number of anilines is 1. The predicted molar refractivity (Wildman–Crippen MR) is 97.6 cm³/mol. The Labute approximate surface area is 154 Å². The molecule has 1 N–H and O–H groups in total. The molecule has 2 aliphatic rings. The van der Waals surface area contributed by atoms with Crippen molar-refractivity contribution >= 4 is 18.1 Å². The van der Waals surface area contributed by atoms with E-state index in [4.69, 9.17) is 4.74 Å². The molecule has 2 fully saturated rings. The van der Waals surface area contributed by atoms with E-state index in [-0.39, 0.29) is 0 Å². The van der Waals surface area contributed by atoms with E-state index in [2.05, 4.69) is 32.2 Å². The molecule has 26 heavy (non-hydrogen) atoms. The van der Waals surface area contributed by atoms with Crippen molar-refractivity contribution in [2.45, 2.75) is 25.0 Å². The van der Waals surface area contributed by atoms with Crippen LogP contribution in [0.5, 0.6) is 0 Å². The summed E-state index contributed by atoms with van der Waals surface area (Å²) < 4.78 is 4.79. The maximum absolute atomic E-state index is 11.8. The maximum Gasteiger partial charge on any atom is 0.343 e. The zero-order valence-corrected chi connectivity index (χ0v) is 15.2. The van der Waals surface area contributed by atoms with Crippen molar-refractivity contribution < 1.29 is 14.3 Å². The first-order valence-electron chi connectivity index (χ1n) is 9.13. The van der Waals surface area contributed by atoms with Gasteiger partial charge in [0, 0.05) is 63.4 Å². The lowest BCUT2D eigenvalue weighted by molar-refractivity contribution is -0.150. The molecule has 0 bridgehead atoms. The molecule has 8 nitrogen and oxygen atoms in total. The van der Waals surface area contributed by atoms with Gasteiger partial charge in [0.05, 0.1) is 7.11 Å². The van der Waals surface area contributed by atoms with Gasteiger partial charge in [-0.2, -0.15) is 0 Å². The summed E-state index contributed by atoms with van der Waals surface area (Å²) in [5, 5.41) is 2.57. The highest BCUT2D eigenvalue weighted by Gasteiger charge is 2.33. The lowest BCUT2D eigenvalue weighted by Gasteiger charge is -2.44. The number of piperidine rings is 1. The van der Waals surface area contributed by atoms with E-state index in [1.54, 1.807) is 0 Å². The molecule has 0 aliphatic carbocycles. The highest BCUT2D eigenvalue weighted by atomic mass is 16.5. The summed E-state index contributed by atoms with van der Waals surface area (Å²) in [5.74, 6) is -0.415. The van der Waals surface area contributed by atoms with Gasteiger partial charge in [-0.3, -0.25) is 19.6 Å². The van der Waals surface area contributed by atoms with Crippen LogP contribution in [0, 0.1) is 0 Å². The van der Waals surface area contributed by atoms with Gasteiger partial charge >= 0.3 is 5.97 Å². The Hall–Kier alpha value is -2.19. The van der Waals surface area contributed by atoms with Gasteiger partial charge < -0.3 is 15.0 Å². The fraction of sp³-hybridized carbons (Fsp3) is 0.611. The number of amides is 1. The topological polar surface area (TPSA) is 78.0 Å². The molecule has 3 rings (SSSR count). The van der Waals surface area contributed by atoms with Crippen LogP contribution in [0.15, 0.2) is 24.5 Å². The molecule has 1 aromatic rings. The van der Waals surface area contributed by atoms with Crippen LogP contribution in [0.3, 0.4) is 0 Å². The molecule has 8 heteroatoms. The number of nitrogens with one attached hydrogen (secondary N) is 1. The van der Waals surface area contributed by atoms with Gasteiger partial charge in [-0.25, -0.2) is 4.79 Å². The first-order chi connectivity index (χ1) is 12.7. The monoisotopic (exact) mass is 361 g/mol. The quantitative estimate of drug-likeness (QED) is 0.561. The van der Waals surface area contributed by atoms with Crippen molar-refractivity contribution in [2.75, 3.05) is 51.3 Å². The van der Waals surface area contributed by atoms with Crippen LogP contribution in [0.4, 0.5) is 5.69 Å². The van der Waals surface area contributed by atoms with Crippen molar-refractivity contribution in [1.29, 1.82) is 0 Å². The van der Waals surface area contributed by atoms with Gasteiger partial charge in [0.15, 0.2) is 6.17 Å². The minimum absolute atomic E-state index is 0.415. The van der Waals surface area contributed by atoms with Gasteiger partial charge in [0.25, 0.3) is 0 Å². The SMILES string of the molecule is COC(=O)C(NC=O)N1CCC(N2CCN(c3ccncc3)CC2)CC1. The zero-order valence-electron chi connectivity index (χ0n) is 15.2. The summed E-state index contributed by atoms with van der Waals surface area (Å²) in [6, 6.07) is 4.64. The second-order valence-corrected chi connectivity index (χ2v) is 6.71. The number of esters is 1. The number of hydrogen-bond donors (Lipinski definition) is 1. The van der Waals surface area contributed by atoms with E-state index in [1.807, 2.05) is 17.3 Å². The fourth-order valence-corrected chi connectivity index (χ4v) is 3.91. The Balaban J connectivity index is 1.48. The molecule has 1 aromatic heterocycles. The van der Waals surface area contributed by atoms with E-state index in [1.165, 1.54) is 12.8 Å². The normalized spacial score (nSPS) is 21.2. The van der Waals surface area contributed by atoms with Crippen molar-refractivity contribution in [3.05, 3.63) is 24.5 Å². The summed E-state index contributed by atoms with van der Waals surface area (Å²) in [6.45, 7) is 5.66. The number of nitrogens with zero attached hydrogens (tertiary/aromatic N) is 4. The largest absolute Gasteiger partial charge is 0.466 e. The van der Waals surface area contributed by atoms with Crippen molar-refractivity contribution in [1.82, 2.24) is 20.1 Å². The second-order valence-electron chi connectivity index (χ2n) is 6.71. The number of rotatable bonds is 6. The summed E-state index contributed by atoms with van der Waals surface area (Å²) in [5.41, 5.74) is 1.23. The third-order valence-corrected chi connectivity index (χ3v) is 5.37. The predicted octanol–water partition coefficient (Wildman–Crippen LogP) is -0.0869. The van der Waals surface area contributed by atoms with Crippen LogP contribution in [0.2, 0.25) is 0 Å². The Morgan fingerprint density at radius 2 is 1.85 bits per heavy atom. The van der Waals surface area contributed by atoms with Crippen LogP contribution < -0.4 is 10.2 Å². The summed E-state index contributed by atoms with van der Waals surface area (Å²) in [7, 11) is 1.34. The summed E-state index contributed by atoms with van der Waals surface area (Å²) in [6.07, 6.45) is 5.53. The van der Waals surface area contributed by atoms with E-state index >= 15 is 0 Å². The lowest BCUT2D eigenvalue weighted by Crippen LogP contribution is -2.57. The number of carbonyl (C=O) groups excluding carboxylic acids is 2. The average Bonchev–Trinajstić information content (AvgIpc) is 2.72. The standard InChI is InChI=1S/C18H27N5O3/c1-26-18(25)17(20-14-24)23-8-4-16(5-9-23)22-12-10-21(11-13-22)15-2-6-19-7-3-15/h2-3,6-7,14,16-17H,4-5,8-13H2,1H3,(H,20,24). The van der Waals surface area contributed by atoms with Crippen LogP contribution in [0.1, 0.15) is 12.8 Å². The molecule has 2 aliphatic heterocycles. The molecule has 0 aromatic carbocycles. The van der Waals surface area contributed by atoms with Crippen LogP contribution in [0.25, 0.3) is 0 Å². The molecule has 0 radical (unpaired) electrons. The first kappa shape index (κ1) is 18.6. The molecule has 142 valence electrons. The number of hydrogen-bond acceptors (Lipinski definition) is 7. The number of pyridine rings is 1. The molecule has 3 heterocycles. The van der Waals surface area contributed by atoms with Crippen molar-refractivity contribution in [3.8, 4) is 0 Å². The maximum atomic E-state index is 11.8. The van der Waals surface area contributed by atoms with Gasteiger partial charge in [0.1, 0.15) is 0 Å². The van der Waals surface area contributed by atoms with E-state index < -0.39 is 12.1 Å². The number of aromatic nitrogens is 1. The first-order valence-corrected chi connectivity index (χ1v) is 9.13. The molecule has 1 unspecified atom stereocenters. The molecule has 1 atom stereocenters. The number of ether oxygens (including phenoxy) is 1. The Morgan fingerprint density at radius 1 is 1.19 bits per heavy atom. The number of piperazine rings is 1. The van der Waals surface area contributed by atoms with Gasteiger partial charge in [0.2, 0.25) is 6.41 Å². The molecule has 0 saturated carbocycles. The summed E-state index contributed by atoms with van der Waals surface area (Å²) in [4.78, 5) is 33.6. The second kappa shape index (κ2) is 8.95. The number of methoxy groups -OCH3 is 1. The number of carbonyl (C=O) groups is 2. The Morgan fingerprint density at radius 3 is 2.42 bits per heavy atom.